The van der Waals surface area contributed by atoms with Gasteiger partial charge in [0.2, 0.25) is 0 Å². The van der Waals surface area contributed by atoms with E-state index in [1.165, 1.54) is 32.5 Å². The topological polar surface area (TPSA) is 24.5 Å². The van der Waals surface area contributed by atoms with Crippen molar-refractivity contribution in [2.75, 3.05) is 26.2 Å². The van der Waals surface area contributed by atoms with Crippen LogP contribution in [0.25, 0.3) is 0 Å². The summed E-state index contributed by atoms with van der Waals surface area (Å²) in [5.74, 6) is 0.685. The summed E-state index contributed by atoms with van der Waals surface area (Å²) >= 11 is 0. The second-order valence-electron chi connectivity index (χ2n) is 5.17. The second-order valence-corrected chi connectivity index (χ2v) is 5.17. The van der Waals surface area contributed by atoms with Crippen LogP contribution in [-0.4, -0.2) is 42.9 Å². The lowest BCUT2D eigenvalue weighted by molar-refractivity contribution is -0.0619. The summed E-state index contributed by atoms with van der Waals surface area (Å²) in [5, 5.41) is 3.59. The Morgan fingerprint density at radius 1 is 1.40 bits per heavy atom. The number of hydrogen-bond donors (Lipinski definition) is 1. The zero-order chi connectivity index (χ0) is 10.9. The number of likely N-dealkylation sites (tertiary alicyclic amines) is 1. The van der Waals surface area contributed by atoms with Gasteiger partial charge < -0.3 is 9.64 Å². The molecule has 15 heavy (non-hydrogen) atoms. The monoisotopic (exact) mass is 212 g/mol. The van der Waals surface area contributed by atoms with Crippen LogP contribution in [0.1, 0.15) is 33.6 Å². The molecule has 0 amide bonds. The predicted octanol–water partition coefficient (Wildman–Crippen LogP) is 1.44. The molecule has 2 aliphatic heterocycles. The van der Waals surface area contributed by atoms with Crippen LogP contribution in [0, 0.1) is 5.92 Å². The Balaban J connectivity index is 1.90. The van der Waals surface area contributed by atoms with Gasteiger partial charge in [-0.05, 0) is 46.3 Å². The molecule has 0 aromatic carbocycles. The lowest BCUT2D eigenvalue weighted by atomic mass is 9.87. The van der Waals surface area contributed by atoms with Crippen LogP contribution >= 0.6 is 0 Å². The van der Waals surface area contributed by atoms with E-state index in [1.54, 1.807) is 0 Å². The molecule has 0 bridgehead atoms. The van der Waals surface area contributed by atoms with Crippen LogP contribution in [0.2, 0.25) is 0 Å². The van der Waals surface area contributed by atoms with Gasteiger partial charge in [0.15, 0.2) is 0 Å². The molecule has 0 spiro atoms. The molecule has 0 aliphatic carbocycles. The minimum Gasteiger partial charge on any atom is -0.359 e. The molecule has 3 heteroatoms. The van der Waals surface area contributed by atoms with Crippen LogP contribution in [0.5, 0.6) is 0 Å². The molecular formula is C12H24N2O. The number of nitrogens with one attached hydrogen (secondary N) is 1. The van der Waals surface area contributed by atoms with Crippen LogP contribution in [0.4, 0.5) is 0 Å². The van der Waals surface area contributed by atoms with Gasteiger partial charge in [0.1, 0.15) is 5.72 Å². The quantitative estimate of drug-likeness (QED) is 0.749. The van der Waals surface area contributed by atoms with Crippen molar-refractivity contribution in [3.63, 3.8) is 0 Å². The molecule has 0 radical (unpaired) electrons. The minimum atomic E-state index is -0.0563. The Hall–Kier alpha value is -0.120. The van der Waals surface area contributed by atoms with Crippen molar-refractivity contribution in [3.05, 3.63) is 0 Å². The molecule has 0 aromatic heterocycles. The van der Waals surface area contributed by atoms with Gasteiger partial charge >= 0.3 is 0 Å². The standard InChI is InChI=1S/C12H24N2O/c1-4-14-7-5-11(6-8-14)12(3)13-10(2)9-15-12/h10-11,13H,4-9H2,1-3H3. The zero-order valence-electron chi connectivity index (χ0n) is 10.3. The fourth-order valence-corrected chi connectivity index (χ4v) is 2.91. The summed E-state index contributed by atoms with van der Waals surface area (Å²) in [6.07, 6.45) is 2.54. The SMILES string of the molecule is CCN1CCC(C2(C)NC(C)CO2)CC1. The van der Waals surface area contributed by atoms with Crippen LogP contribution < -0.4 is 5.32 Å². The van der Waals surface area contributed by atoms with Gasteiger partial charge in [0.05, 0.1) is 6.61 Å². The molecule has 1 N–H and O–H groups in total. The molecule has 2 atom stereocenters. The van der Waals surface area contributed by atoms with E-state index < -0.39 is 0 Å². The minimum absolute atomic E-state index is 0.0563. The van der Waals surface area contributed by atoms with Gasteiger partial charge in [-0.25, -0.2) is 0 Å². The highest BCUT2D eigenvalue weighted by Gasteiger charge is 2.41. The van der Waals surface area contributed by atoms with Crippen LogP contribution in [0.3, 0.4) is 0 Å². The molecule has 88 valence electrons. The van der Waals surface area contributed by atoms with Crippen molar-refractivity contribution in [2.24, 2.45) is 5.92 Å². The summed E-state index contributed by atoms with van der Waals surface area (Å²) < 4.78 is 5.93. The molecule has 2 fully saturated rings. The first-order valence-corrected chi connectivity index (χ1v) is 6.28. The summed E-state index contributed by atoms with van der Waals surface area (Å²) in [6.45, 7) is 11.2. The first kappa shape index (κ1) is 11.4. The Morgan fingerprint density at radius 3 is 2.53 bits per heavy atom. The zero-order valence-corrected chi connectivity index (χ0v) is 10.3. The van der Waals surface area contributed by atoms with E-state index in [4.69, 9.17) is 4.74 Å². The van der Waals surface area contributed by atoms with Crippen molar-refractivity contribution in [1.29, 1.82) is 0 Å². The van der Waals surface area contributed by atoms with Crippen molar-refractivity contribution < 1.29 is 4.74 Å². The summed E-state index contributed by atoms with van der Waals surface area (Å²) in [6, 6.07) is 0.513. The fraction of sp³-hybridized carbons (Fsp3) is 1.00. The summed E-state index contributed by atoms with van der Waals surface area (Å²) in [4.78, 5) is 2.53. The molecule has 0 saturated carbocycles. The van der Waals surface area contributed by atoms with E-state index in [0.29, 0.717) is 12.0 Å². The molecule has 2 saturated heterocycles. The lowest BCUT2D eigenvalue weighted by Gasteiger charge is -2.39. The first-order chi connectivity index (χ1) is 7.14. The van der Waals surface area contributed by atoms with Crippen molar-refractivity contribution in [3.8, 4) is 0 Å². The Kier molecular flexibility index (Phi) is 3.33. The lowest BCUT2D eigenvalue weighted by Crippen LogP contribution is -2.51. The van der Waals surface area contributed by atoms with E-state index in [-0.39, 0.29) is 5.72 Å². The van der Waals surface area contributed by atoms with E-state index >= 15 is 0 Å². The highest BCUT2D eigenvalue weighted by atomic mass is 16.5. The second kappa shape index (κ2) is 4.40. The Morgan fingerprint density at radius 2 is 2.07 bits per heavy atom. The highest BCUT2D eigenvalue weighted by Crippen LogP contribution is 2.32. The molecule has 0 aromatic rings. The smallest absolute Gasteiger partial charge is 0.119 e. The van der Waals surface area contributed by atoms with E-state index in [9.17, 15) is 0 Å². The van der Waals surface area contributed by atoms with Crippen LogP contribution in [0.15, 0.2) is 0 Å². The summed E-state index contributed by atoms with van der Waals surface area (Å²) in [7, 11) is 0. The van der Waals surface area contributed by atoms with Crippen LogP contribution in [-0.2, 0) is 4.74 Å². The number of rotatable bonds is 2. The van der Waals surface area contributed by atoms with Gasteiger partial charge in [0.25, 0.3) is 0 Å². The molecule has 2 unspecified atom stereocenters. The normalized spacial score (nSPS) is 39.8. The van der Waals surface area contributed by atoms with Gasteiger partial charge in [-0.2, -0.15) is 0 Å². The molecule has 3 nitrogen and oxygen atoms in total. The maximum absolute atomic E-state index is 5.93. The molecule has 2 rings (SSSR count). The van der Waals surface area contributed by atoms with Gasteiger partial charge in [-0.3, -0.25) is 5.32 Å². The third-order valence-electron chi connectivity index (χ3n) is 3.98. The van der Waals surface area contributed by atoms with Gasteiger partial charge in [0, 0.05) is 12.0 Å². The van der Waals surface area contributed by atoms with Gasteiger partial charge in [-0.1, -0.05) is 6.92 Å². The maximum Gasteiger partial charge on any atom is 0.119 e. The number of nitrogens with zero attached hydrogens (tertiary/aromatic N) is 1. The fourth-order valence-electron chi connectivity index (χ4n) is 2.91. The molecular weight excluding hydrogens is 188 g/mol. The van der Waals surface area contributed by atoms with E-state index in [2.05, 4.69) is 31.0 Å². The number of hydrogen-bond acceptors (Lipinski definition) is 3. The molecule has 2 aliphatic rings. The largest absolute Gasteiger partial charge is 0.359 e. The first-order valence-electron chi connectivity index (χ1n) is 6.28. The third-order valence-corrected chi connectivity index (χ3v) is 3.98. The Bertz CT molecular complexity index is 214. The van der Waals surface area contributed by atoms with Crippen molar-refractivity contribution in [2.45, 2.75) is 45.4 Å². The van der Waals surface area contributed by atoms with Crippen molar-refractivity contribution >= 4 is 0 Å². The highest BCUT2D eigenvalue weighted by molar-refractivity contribution is 4.91. The number of piperidine rings is 1. The summed E-state index contributed by atoms with van der Waals surface area (Å²) in [5.41, 5.74) is -0.0563. The average molecular weight is 212 g/mol. The number of ether oxygens (including phenoxy) is 1. The van der Waals surface area contributed by atoms with E-state index in [1.807, 2.05) is 0 Å². The van der Waals surface area contributed by atoms with Crippen molar-refractivity contribution in [1.82, 2.24) is 10.2 Å². The van der Waals surface area contributed by atoms with Gasteiger partial charge in [-0.15, -0.1) is 0 Å². The predicted molar refractivity (Wildman–Crippen MR) is 61.8 cm³/mol. The average Bonchev–Trinajstić information content (AvgIpc) is 2.60. The maximum atomic E-state index is 5.93. The van der Waals surface area contributed by atoms with E-state index in [0.717, 1.165) is 6.61 Å². The Labute approximate surface area is 93.2 Å². The molecule has 2 heterocycles. The third kappa shape index (κ3) is 2.35.